The standard InChI is InChI=1S/C49H41Cl2N15O8S3/c1-25(67)23-54-47-60-48(55-24-26(2)68)62-49(61-47)58-32-12-8-29(9-13-32)41-37(22-53)45(75-46(41)66-63-34-14-7-28-5-4-6-39(35(28)19-34)76(69,70)71)65-64-42-27(3)36(21-52)43(59-44(42)56-31-15-10-30(50)11-16-31)57-33-17-18-38(51)40(20-33)77(72,73)74/h4-20,25-26,67-68H,23-24H2,1-3H3,(H2,56,57,59)(H,69,70,71)(H,72,73,74)(H3,54,55,58,60,61,62). The molecule has 3 heterocycles. The van der Waals surface area contributed by atoms with Gasteiger partial charge in [-0.3, -0.25) is 9.11 Å². The summed E-state index contributed by atoms with van der Waals surface area (Å²) in [6.45, 7) is 5.04. The van der Waals surface area contributed by atoms with Crippen molar-refractivity contribution < 1.29 is 36.2 Å². The third-order valence-electron chi connectivity index (χ3n) is 10.9. The number of hydrogen-bond donors (Lipinski definition) is 9. The summed E-state index contributed by atoms with van der Waals surface area (Å²) in [5.41, 5.74) is 2.27. The van der Waals surface area contributed by atoms with Crippen molar-refractivity contribution in [2.75, 3.05) is 39.7 Å². The maximum absolute atomic E-state index is 12.3. The Kier molecular flexibility index (Phi) is 16.6. The molecule has 392 valence electrons. The Morgan fingerprint density at radius 3 is 1.84 bits per heavy atom. The zero-order valence-electron chi connectivity index (χ0n) is 40.3. The van der Waals surface area contributed by atoms with Crippen LogP contribution in [0.2, 0.25) is 10.0 Å². The van der Waals surface area contributed by atoms with Crippen LogP contribution in [0, 0.1) is 29.6 Å². The van der Waals surface area contributed by atoms with Gasteiger partial charge >= 0.3 is 0 Å². The molecule has 0 spiro atoms. The number of fused-ring (bicyclic) bond motifs is 1. The highest BCUT2D eigenvalue weighted by molar-refractivity contribution is 7.86. The molecule has 0 aliphatic rings. The highest BCUT2D eigenvalue weighted by Gasteiger charge is 2.24. The van der Waals surface area contributed by atoms with Gasteiger partial charge in [0.1, 0.15) is 38.2 Å². The van der Waals surface area contributed by atoms with Gasteiger partial charge in [0.05, 0.1) is 28.5 Å². The van der Waals surface area contributed by atoms with Crippen LogP contribution in [0.15, 0.2) is 133 Å². The van der Waals surface area contributed by atoms with E-state index in [1.807, 2.05) is 0 Å². The average Bonchev–Trinajstić information content (AvgIpc) is 3.76. The third kappa shape index (κ3) is 13.4. The topological polar surface area (TPSA) is 358 Å². The first-order valence-electron chi connectivity index (χ1n) is 22.6. The summed E-state index contributed by atoms with van der Waals surface area (Å²) >= 11 is 13.2. The van der Waals surface area contributed by atoms with Gasteiger partial charge in [-0.1, -0.05) is 64.9 Å². The molecule has 0 bridgehead atoms. The number of nitriles is 2. The van der Waals surface area contributed by atoms with Crippen LogP contribution >= 0.6 is 34.5 Å². The number of benzene rings is 5. The second-order valence-electron chi connectivity index (χ2n) is 16.7. The van der Waals surface area contributed by atoms with Gasteiger partial charge in [-0.25, -0.2) is 4.98 Å². The lowest BCUT2D eigenvalue weighted by molar-refractivity contribution is 0.208. The van der Waals surface area contributed by atoms with Gasteiger partial charge in [0.25, 0.3) is 20.2 Å². The van der Waals surface area contributed by atoms with Crippen molar-refractivity contribution >= 4 is 133 Å². The Hall–Kier alpha value is -8.28. The second kappa shape index (κ2) is 23.3. The molecule has 8 rings (SSSR count). The molecular weight excluding hydrogens is 1090 g/mol. The van der Waals surface area contributed by atoms with Crippen LogP contribution in [0.1, 0.15) is 30.5 Å². The molecule has 0 fully saturated rings. The molecule has 0 amide bonds. The van der Waals surface area contributed by atoms with Gasteiger partial charge in [-0.15, -0.1) is 20.5 Å². The van der Waals surface area contributed by atoms with E-state index in [2.05, 4.69) is 79.1 Å². The van der Waals surface area contributed by atoms with Gasteiger partial charge in [0.2, 0.25) is 17.8 Å². The number of azo groups is 2. The number of hydrogen-bond acceptors (Lipinski definition) is 22. The number of aliphatic hydroxyl groups excluding tert-OH is 2. The van der Waals surface area contributed by atoms with Crippen LogP contribution < -0.4 is 26.6 Å². The minimum Gasteiger partial charge on any atom is -0.392 e. The molecule has 28 heteroatoms. The molecule has 3 aromatic heterocycles. The van der Waals surface area contributed by atoms with Crippen molar-refractivity contribution in [2.24, 2.45) is 20.5 Å². The van der Waals surface area contributed by atoms with Crippen LogP contribution in [0.25, 0.3) is 21.9 Å². The molecule has 77 heavy (non-hydrogen) atoms. The van der Waals surface area contributed by atoms with Gasteiger partial charge < -0.3 is 36.8 Å². The zero-order chi connectivity index (χ0) is 55.2. The Bertz CT molecular complexity index is 3920. The monoisotopic (exact) mass is 1130 g/mol. The second-order valence-corrected chi connectivity index (χ2v) is 21.3. The lowest BCUT2D eigenvalue weighted by Gasteiger charge is -2.16. The van der Waals surface area contributed by atoms with Gasteiger partial charge in [-0.05, 0) is 105 Å². The molecule has 8 aromatic rings. The molecule has 0 aliphatic carbocycles. The maximum Gasteiger partial charge on any atom is 0.296 e. The fourth-order valence-corrected chi connectivity index (χ4v) is 10.0. The molecule has 2 atom stereocenters. The molecule has 0 radical (unpaired) electrons. The molecule has 23 nitrogen and oxygen atoms in total. The number of pyridine rings is 1. The van der Waals surface area contributed by atoms with E-state index in [1.165, 1.54) is 30.3 Å². The van der Waals surface area contributed by atoms with Crippen molar-refractivity contribution in [3.63, 3.8) is 0 Å². The summed E-state index contributed by atoms with van der Waals surface area (Å²) in [4.78, 5) is 16.9. The van der Waals surface area contributed by atoms with Crippen LogP contribution in [-0.2, 0) is 20.2 Å². The van der Waals surface area contributed by atoms with Crippen molar-refractivity contribution in [2.45, 2.75) is 42.8 Å². The molecule has 0 aliphatic heterocycles. The van der Waals surface area contributed by atoms with Crippen molar-refractivity contribution in [3.8, 4) is 23.3 Å². The summed E-state index contributed by atoms with van der Waals surface area (Å²) in [6, 6.07) is 30.4. The van der Waals surface area contributed by atoms with E-state index in [4.69, 9.17) is 23.2 Å². The van der Waals surface area contributed by atoms with Crippen molar-refractivity contribution in [3.05, 3.63) is 130 Å². The number of aromatic nitrogens is 4. The normalized spacial score (nSPS) is 12.6. The summed E-state index contributed by atoms with van der Waals surface area (Å²) in [5, 5.41) is 75.4. The van der Waals surface area contributed by atoms with E-state index in [9.17, 15) is 46.7 Å². The van der Waals surface area contributed by atoms with E-state index < -0.39 is 37.3 Å². The Balaban J connectivity index is 1.23. The van der Waals surface area contributed by atoms with E-state index in [-0.39, 0.29) is 107 Å². The Labute approximate surface area is 453 Å². The van der Waals surface area contributed by atoms with E-state index in [0.29, 0.717) is 27.3 Å². The highest BCUT2D eigenvalue weighted by atomic mass is 35.5. The number of aliphatic hydroxyl groups is 2. The number of anilines is 8. The first kappa shape index (κ1) is 55.0. The quantitative estimate of drug-likeness (QED) is 0.0268. The molecule has 2 unspecified atom stereocenters. The summed E-state index contributed by atoms with van der Waals surface area (Å²) in [7, 11) is -9.37. The predicted molar refractivity (Wildman–Crippen MR) is 293 cm³/mol. The highest BCUT2D eigenvalue weighted by Crippen LogP contribution is 2.49. The zero-order valence-corrected chi connectivity index (χ0v) is 44.2. The molecule has 5 aromatic carbocycles. The Morgan fingerprint density at radius 1 is 0.636 bits per heavy atom. The number of thiophene rings is 1. The minimum absolute atomic E-state index is 0.00898. The molecule has 0 saturated carbocycles. The number of halogens is 2. The molecule has 9 N–H and O–H groups in total. The fourth-order valence-electron chi connectivity index (χ4n) is 7.27. The lowest BCUT2D eigenvalue weighted by atomic mass is 10.0. The first-order valence-corrected chi connectivity index (χ1v) is 27.0. The lowest BCUT2D eigenvalue weighted by Crippen LogP contribution is -2.20. The van der Waals surface area contributed by atoms with Crippen LogP contribution in [-0.4, -0.2) is 81.4 Å². The molecular formula is C49H41Cl2N15O8S3. The van der Waals surface area contributed by atoms with Gasteiger partial charge in [-0.2, -0.15) is 42.3 Å². The number of rotatable bonds is 19. The Morgan fingerprint density at radius 2 is 1.22 bits per heavy atom. The van der Waals surface area contributed by atoms with E-state index >= 15 is 0 Å². The maximum atomic E-state index is 12.3. The third-order valence-corrected chi connectivity index (χ3v) is 14.3. The van der Waals surface area contributed by atoms with Crippen molar-refractivity contribution in [1.29, 1.82) is 10.5 Å². The first-order chi connectivity index (χ1) is 36.7. The van der Waals surface area contributed by atoms with Crippen LogP contribution in [0.3, 0.4) is 0 Å². The number of nitrogens with zero attached hydrogens (tertiary/aromatic N) is 10. The van der Waals surface area contributed by atoms with E-state index in [0.717, 1.165) is 17.4 Å². The number of nitrogens with one attached hydrogen (secondary N) is 5. The summed E-state index contributed by atoms with van der Waals surface area (Å²) in [6.07, 6.45) is -1.43. The molecule has 0 saturated heterocycles. The fraction of sp³-hybridized carbons (Fsp3) is 0.143. The summed E-state index contributed by atoms with van der Waals surface area (Å²) < 4.78 is 68.6. The summed E-state index contributed by atoms with van der Waals surface area (Å²) in [5.74, 6) is 0.407. The van der Waals surface area contributed by atoms with Crippen LogP contribution in [0.5, 0.6) is 0 Å². The smallest absolute Gasteiger partial charge is 0.296 e. The SMILES string of the molecule is Cc1c(C#N)c(Nc2ccc(Cl)c(S(=O)(=O)O)c2)nc(Nc2ccc(Cl)cc2)c1N=Nc1sc(N=Nc2ccc3cccc(S(=O)(=O)O)c3c2)c(-c2ccc(Nc3nc(NCC(C)O)nc(NCC(C)O)n3)cc2)c1C#N. The minimum atomic E-state index is -4.74. The van der Waals surface area contributed by atoms with Crippen molar-refractivity contribution in [1.82, 2.24) is 19.9 Å². The van der Waals surface area contributed by atoms with Crippen LogP contribution in [0.4, 0.5) is 67.9 Å². The van der Waals surface area contributed by atoms with E-state index in [1.54, 1.807) is 87.5 Å². The predicted octanol–water partition coefficient (Wildman–Crippen LogP) is 11.6. The van der Waals surface area contributed by atoms with Gasteiger partial charge in [0.15, 0.2) is 16.6 Å². The largest absolute Gasteiger partial charge is 0.392 e. The average molecular weight is 1140 g/mol. The van der Waals surface area contributed by atoms with Gasteiger partial charge in [0, 0.05) is 51.7 Å².